The van der Waals surface area contributed by atoms with Gasteiger partial charge in [-0.25, -0.2) is 4.98 Å². The maximum absolute atomic E-state index is 13.0. The molecular weight excluding hydrogens is 727 g/mol. The third kappa shape index (κ3) is 11.3. The summed E-state index contributed by atoms with van der Waals surface area (Å²) in [5.41, 5.74) is 6.32. The molecule has 54 heavy (non-hydrogen) atoms. The number of nitro benzene ring substituents is 1. The number of amides is 1. The van der Waals surface area contributed by atoms with E-state index in [1.54, 1.807) is 42.6 Å². The minimum atomic E-state index is -0.427. The van der Waals surface area contributed by atoms with Crippen LogP contribution in [0.2, 0.25) is 5.02 Å². The third-order valence-corrected chi connectivity index (χ3v) is 9.21. The zero-order valence-corrected chi connectivity index (χ0v) is 31.7. The maximum Gasteiger partial charge on any atom is 0.269 e. The van der Waals surface area contributed by atoms with E-state index < -0.39 is 4.92 Å². The zero-order valence-electron chi connectivity index (χ0n) is 30.2. The first-order valence-corrected chi connectivity index (χ1v) is 17.8. The van der Waals surface area contributed by atoms with Gasteiger partial charge in [0.15, 0.2) is 5.75 Å². The van der Waals surface area contributed by atoms with Crippen molar-refractivity contribution in [2.45, 2.75) is 33.4 Å². The van der Waals surface area contributed by atoms with Gasteiger partial charge in [0.25, 0.3) is 5.69 Å². The van der Waals surface area contributed by atoms with Gasteiger partial charge in [0.05, 0.1) is 22.7 Å². The van der Waals surface area contributed by atoms with Crippen molar-refractivity contribution < 1.29 is 23.9 Å². The average Bonchev–Trinajstić information content (AvgIpc) is 3.17. The van der Waals surface area contributed by atoms with E-state index in [1.807, 2.05) is 36.1 Å². The van der Waals surface area contributed by atoms with Crippen LogP contribution in [-0.4, -0.2) is 58.4 Å². The van der Waals surface area contributed by atoms with Crippen LogP contribution in [0, 0.1) is 24.0 Å². The number of non-ortho nitro benzene ring substituents is 1. The highest BCUT2D eigenvalue weighted by atomic mass is 35.5. The zero-order chi connectivity index (χ0) is 37.2. The van der Waals surface area contributed by atoms with Crippen LogP contribution in [0.15, 0.2) is 109 Å². The molecule has 2 heterocycles. The Kier molecular flexibility index (Phi) is 14.0. The number of hydrogen-bond acceptors (Lipinski definition) is 8. The number of hydrogen-bond donors (Lipinski definition) is 0. The number of nitrogens with zero attached hydrogens (tertiary/aromatic N) is 4. The number of nitro groups is 1. The van der Waals surface area contributed by atoms with Gasteiger partial charge in [0.2, 0.25) is 11.8 Å². The molecule has 12 heteroatoms. The van der Waals surface area contributed by atoms with Gasteiger partial charge >= 0.3 is 0 Å². The fraction of sp³-hybridized carbons (Fsp3) is 0.238. The second kappa shape index (κ2) is 19.1. The molecule has 0 N–H and O–H groups in total. The van der Waals surface area contributed by atoms with Crippen LogP contribution in [0.25, 0.3) is 6.08 Å². The number of piperazine rings is 1. The molecule has 6 rings (SSSR count). The Balaban J connectivity index is 0.00000561. The summed E-state index contributed by atoms with van der Waals surface area (Å²) in [7, 11) is 0. The van der Waals surface area contributed by atoms with Crippen molar-refractivity contribution in [1.82, 2.24) is 14.8 Å². The van der Waals surface area contributed by atoms with Crippen LogP contribution in [0.1, 0.15) is 33.4 Å². The molecule has 1 aromatic heterocycles. The van der Waals surface area contributed by atoms with E-state index in [0.29, 0.717) is 54.5 Å². The lowest BCUT2D eigenvalue weighted by atomic mass is 10.1. The Labute approximate surface area is 326 Å². The number of aromatic nitrogens is 1. The smallest absolute Gasteiger partial charge is 0.269 e. The van der Waals surface area contributed by atoms with Gasteiger partial charge in [-0.1, -0.05) is 65.7 Å². The van der Waals surface area contributed by atoms with Gasteiger partial charge in [-0.05, 0) is 78.1 Å². The number of halogens is 2. The predicted octanol–water partition coefficient (Wildman–Crippen LogP) is 9.03. The van der Waals surface area contributed by atoms with Crippen LogP contribution in [-0.2, 0) is 24.4 Å². The Hall–Kier alpha value is -5.42. The number of aryl methyl sites for hydroxylation is 2. The van der Waals surface area contributed by atoms with Crippen LogP contribution in [0.5, 0.6) is 23.1 Å². The lowest BCUT2D eigenvalue weighted by molar-refractivity contribution is -0.384. The summed E-state index contributed by atoms with van der Waals surface area (Å²) in [4.78, 5) is 32.0. The highest BCUT2D eigenvalue weighted by Crippen LogP contribution is 2.34. The molecule has 0 atom stereocenters. The van der Waals surface area contributed by atoms with E-state index in [-0.39, 0.29) is 24.0 Å². The second-order valence-corrected chi connectivity index (χ2v) is 13.4. The fourth-order valence-corrected chi connectivity index (χ4v) is 6.18. The van der Waals surface area contributed by atoms with Crippen molar-refractivity contribution in [2.75, 3.05) is 32.8 Å². The minimum absolute atomic E-state index is 0. The topological polar surface area (TPSA) is 107 Å². The molecule has 1 amide bonds. The molecule has 280 valence electrons. The Morgan fingerprint density at radius 3 is 2.17 bits per heavy atom. The molecule has 0 spiro atoms. The Bertz CT molecular complexity index is 2010. The average molecular weight is 770 g/mol. The number of rotatable bonds is 14. The molecule has 4 aromatic carbocycles. The molecule has 1 aliphatic heterocycles. The van der Waals surface area contributed by atoms with Crippen LogP contribution in [0.3, 0.4) is 0 Å². The maximum atomic E-state index is 13.0. The number of benzene rings is 4. The van der Waals surface area contributed by atoms with E-state index in [4.69, 9.17) is 25.8 Å². The highest BCUT2D eigenvalue weighted by molar-refractivity contribution is 6.32. The van der Waals surface area contributed by atoms with Crippen molar-refractivity contribution in [3.05, 3.63) is 158 Å². The molecule has 0 saturated carbocycles. The van der Waals surface area contributed by atoms with E-state index in [2.05, 4.69) is 53.2 Å². The number of carbonyl (C=O) groups excluding carboxylic acids is 1. The number of pyridine rings is 1. The van der Waals surface area contributed by atoms with Gasteiger partial charge in [-0.15, -0.1) is 12.4 Å². The van der Waals surface area contributed by atoms with Crippen molar-refractivity contribution in [3.8, 4) is 23.1 Å². The summed E-state index contributed by atoms with van der Waals surface area (Å²) in [6, 6.07) is 30.0. The second-order valence-electron chi connectivity index (χ2n) is 13.0. The third-order valence-electron chi connectivity index (χ3n) is 8.93. The van der Waals surface area contributed by atoms with Gasteiger partial charge in [-0.2, -0.15) is 0 Å². The van der Waals surface area contributed by atoms with Crippen molar-refractivity contribution in [2.24, 2.45) is 0 Å². The van der Waals surface area contributed by atoms with Crippen LogP contribution < -0.4 is 14.2 Å². The van der Waals surface area contributed by atoms with Gasteiger partial charge in [0, 0.05) is 63.4 Å². The van der Waals surface area contributed by atoms with Crippen molar-refractivity contribution in [3.63, 3.8) is 0 Å². The molecule has 0 unspecified atom stereocenters. The monoisotopic (exact) mass is 768 g/mol. The first kappa shape index (κ1) is 39.8. The van der Waals surface area contributed by atoms with Gasteiger partial charge in [-0.3, -0.25) is 19.8 Å². The summed E-state index contributed by atoms with van der Waals surface area (Å²) >= 11 is 6.62. The molecular formula is C42H42Cl2N4O6. The highest BCUT2D eigenvalue weighted by Gasteiger charge is 2.20. The molecule has 1 saturated heterocycles. The SMILES string of the molecule is Cc1ccc(COc2ccc(Oc3c(C)cc(/C=C/C(=O)N4CCN(Cc5ccc(CCOc6ccc([N+](=O)[O-])cc6)cc5)CC4)cc3Cl)nc2)cc1.Cl. The molecule has 0 radical (unpaired) electrons. The van der Waals surface area contributed by atoms with Crippen molar-refractivity contribution in [1.29, 1.82) is 0 Å². The summed E-state index contributed by atoms with van der Waals surface area (Å²) in [5.74, 6) is 2.12. The largest absolute Gasteiger partial charge is 0.493 e. The fourth-order valence-electron chi connectivity index (χ4n) is 5.87. The molecule has 10 nitrogen and oxygen atoms in total. The lowest BCUT2D eigenvalue weighted by Gasteiger charge is -2.34. The quantitative estimate of drug-likeness (QED) is 0.0626. The predicted molar refractivity (Wildman–Crippen MR) is 213 cm³/mol. The first-order valence-electron chi connectivity index (χ1n) is 17.5. The Morgan fingerprint density at radius 2 is 1.52 bits per heavy atom. The summed E-state index contributed by atoms with van der Waals surface area (Å²) in [6.45, 7) is 8.57. The van der Waals surface area contributed by atoms with Gasteiger partial charge in [0.1, 0.15) is 18.1 Å². The normalized spacial score (nSPS) is 13.0. The molecule has 1 fully saturated rings. The van der Waals surface area contributed by atoms with E-state index in [9.17, 15) is 14.9 Å². The lowest BCUT2D eigenvalue weighted by Crippen LogP contribution is -2.47. The standard InChI is InChI=1S/C42H41ClN4O6.ClH/c1-30-3-5-34(6-4-30)29-52-38-16-17-40(44-27-38)53-42-31(2)25-35(26-39(42)43)11-18-41(48)46-22-20-45(21-23-46)28-33-9-7-32(8-10-33)19-24-51-37-14-12-36(13-15-37)47(49)50;/h3-18,25-27H,19-24,28-29H2,1-2H3;1H/b18-11+;. The number of ether oxygens (including phenoxy) is 3. The molecule has 0 aliphatic carbocycles. The van der Waals surface area contributed by atoms with Crippen LogP contribution in [0.4, 0.5) is 5.69 Å². The molecule has 1 aliphatic rings. The van der Waals surface area contributed by atoms with E-state index >= 15 is 0 Å². The van der Waals surface area contributed by atoms with Crippen LogP contribution >= 0.6 is 24.0 Å². The number of carbonyl (C=O) groups is 1. The molecule has 5 aromatic rings. The summed E-state index contributed by atoms with van der Waals surface area (Å²) in [5, 5.41) is 11.2. The summed E-state index contributed by atoms with van der Waals surface area (Å²) in [6.07, 6.45) is 5.74. The Morgan fingerprint density at radius 1 is 0.852 bits per heavy atom. The van der Waals surface area contributed by atoms with Crippen molar-refractivity contribution >= 4 is 41.7 Å². The molecule has 0 bridgehead atoms. The van der Waals surface area contributed by atoms with E-state index in [1.165, 1.54) is 23.3 Å². The summed E-state index contributed by atoms with van der Waals surface area (Å²) < 4.78 is 17.6. The minimum Gasteiger partial charge on any atom is -0.493 e. The first-order chi connectivity index (χ1) is 25.7. The van der Waals surface area contributed by atoms with Gasteiger partial charge < -0.3 is 19.1 Å². The van der Waals surface area contributed by atoms with E-state index in [0.717, 1.165) is 48.3 Å².